The van der Waals surface area contributed by atoms with Gasteiger partial charge in [-0.3, -0.25) is 4.79 Å². The van der Waals surface area contributed by atoms with Crippen LogP contribution in [0.2, 0.25) is 0 Å². The molecule has 0 saturated carbocycles. The van der Waals surface area contributed by atoms with Gasteiger partial charge in [0.1, 0.15) is 5.75 Å². The molecule has 0 aromatic heterocycles. The Morgan fingerprint density at radius 2 is 1.81 bits per heavy atom. The summed E-state index contributed by atoms with van der Waals surface area (Å²) in [6.45, 7) is 0.231. The van der Waals surface area contributed by atoms with Crippen molar-refractivity contribution in [3.8, 4) is 5.75 Å². The van der Waals surface area contributed by atoms with Crippen molar-refractivity contribution >= 4 is 5.91 Å². The number of rotatable bonds is 5. The zero-order valence-electron chi connectivity index (χ0n) is 11.6. The lowest BCUT2D eigenvalue weighted by Gasteiger charge is -2.17. The second-order valence-corrected chi connectivity index (χ2v) is 4.60. The van der Waals surface area contributed by atoms with Gasteiger partial charge in [0.2, 0.25) is 0 Å². The maximum atomic E-state index is 13.0. The van der Waals surface area contributed by atoms with Crippen LogP contribution in [0.25, 0.3) is 0 Å². The molecule has 3 nitrogen and oxygen atoms in total. The van der Waals surface area contributed by atoms with Crippen LogP contribution in [0.1, 0.15) is 5.56 Å². The van der Waals surface area contributed by atoms with Gasteiger partial charge >= 0.3 is 0 Å². The molecule has 0 radical (unpaired) electrons. The van der Waals surface area contributed by atoms with Gasteiger partial charge in [0.05, 0.1) is 0 Å². The van der Waals surface area contributed by atoms with E-state index in [-0.39, 0.29) is 18.3 Å². The van der Waals surface area contributed by atoms with Crippen molar-refractivity contribution < 1.29 is 18.3 Å². The summed E-state index contributed by atoms with van der Waals surface area (Å²) >= 11 is 0. The third-order valence-corrected chi connectivity index (χ3v) is 2.94. The topological polar surface area (TPSA) is 29.5 Å². The van der Waals surface area contributed by atoms with Gasteiger partial charge < -0.3 is 9.64 Å². The van der Waals surface area contributed by atoms with Gasteiger partial charge in [-0.25, -0.2) is 8.78 Å². The Labute approximate surface area is 121 Å². The Morgan fingerprint density at radius 3 is 2.48 bits per heavy atom. The summed E-state index contributed by atoms with van der Waals surface area (Å²) in [7, 11) is 1.66. The highest BCUT2D eigenvalue weighted by atomic mass is 19.2. The van der Waals surface area contributed by atoms with E-state index in [1.54, 1.807) is 7.05 Å². The van der Waals surface area contributed by atoms with Crippen LogP contribution < -0.4 is 4.74 Å². The minimum Gasteiger partial charge on any atom is -0.484 e. The molecule has 0 saturated heterocycles. The van der Waals surface area contributed by atoms with E-state index >= 15 is 0 Å². The second-order valence-electron chi connectivity index (χ2n) is 4.60. The summed E-state index contributed by atoms with van der Waals surface area (Å²) in [5.41, 5.74) is 1.00. The monoisotopic (exact) mass is 291 g/mol. The molecule has 110 valence electrons. The fourth-order valence-electron chi connectivity index (χ4n) is 1.77. The number of hydrogen-bond acceptors (Lipinski definition) is 2. The second kappa shape index (κ2) is 6.83. The molecule has 0 fully saturated rings. The molecule has 0 spiro atoms. The van der Waals surface area contributed by atoms with Crippen molar-refractivity contribution in [3.05, 3.63) is 65.7 Å². The van der Waals surface area contributed by atoms with Crippen molar-refractivity contribution in [2.45, 2.75) is 6.54 Å². The van der Waals surface area contributed by atoms with Crippen LogP contribution in [0.5, 0.6) is 5.75 Å². The Bertz CT molecular complexity index is 617. The van der Waals surface area contributed by atoms with Crippen molar-refractivity contribution in [1.29, 1.82) is 0 Å². The van der Waals surface area contributed by atoms with Crippen molar-refractivity contribution in [1.82, 2.24) is 4.90 Å². The van der Waals surface area contributed by atoms with Crippen LogP contribution in [-0.2, 0) is 11.3 Å². The predicted octanol–water partition coefficient (Wildman–Crippen LogP) is 3.00. The molecular weight excluding hydrogens is 276 g/mol. The smallest absolute Gasteiger partial charge is 0.260 e. The summed E-state index contributed by atoms with van der Waals surface area (Å²) in [5.74, 6) is -2.08. The van der Waals surface area contributed by atoms with Gasteiger partial charge in [0.25, 0.3) is 5.91 Å². The molecule has 0 bridgehead atoms. The molecule has 1 amide bonds. The minimum absolute atomic E-state index is 0.121. The highest BCUT2D eigenvalue weighted by Gasteiger charge is 2.11. The molecule has 2 aromatic rings. The zero-order chi connectivity index (χ0) is 15.2. The molecule has 2 rings (SSSR count). The highest BCUT2D eigenvalue weighted by molar-refractivity contribution is 5.77. The molecule has 0 N–H and O–H groups in total. The first-order valence-corrected chi connectivity index (χ1v) is 6.42. The van der Waals surface area contributed by atoms with Crippen molar-refractivity contribution in [2.75, 3.05) is 13.7 Å². The van der Waals surface area contributed by atoms with E-state index in [0.29, 0.717) is 6.54 Å². The maximum absolute atomic E-state index is 13.0. The molecule has 0 aliphatic rings. The van der Waals surface area contributed by atoms with Gasteiger partial charge in [-0.2, -0.15) is 0 Å². The fourth-order valence-corrected chi connectivity index (χ4v) is 1.77. The number of hydrogen-bond donors (Lipinski definition) is 0. The van der Waals surface area contributed by atoms with Gasteiger partial charge in [0.15, 0.2) is 18.2 Å². The summed E-state index contributed by atoms with van der Waals surface area (Å²) in [6.07, 6.45) is 0. The maximum Gasteiger partial charge on any atom is 0.260 e. The number of carbonyl (C=O) groups excluding carboxylic acids is 1. The third kappa shape index (κ3) is 4.27. The fraction of sp³-hybridized carbons (Fsp3) is 0.188. The average Bonchev–Trinajstić information content (AvgIpc) is 2.49. The van der Waals surface area contributed by atoms with Crippen LogP contribution >= 0.6 is 0 Å². The molecule has 0 aliphatic carbocycles. The summed E-state index contributed by atoms with van der Waals surface area (Å²) in [5, 5.41) is 0. The number of carbonyl (C=O) groups is 1. The third-order valence-electron chi connectivity index (χ3n) is 2.94. The first-order chi connectivity index (χ1) is 10.1. The Hall–Kier alpha value is -2.43. The van der Waals surface area contributed by atoms with Gasteiger partial charge in [-0.1, -0.05) is 30.3 Å². The Balaban J connectivity index is 1.87. The van der Waals surface area contributed by atoms with E-state index in [1.807, 2.05) is 30.3 Å². The summed E-state index contributed by atoms with van der Waals surface area (Å²) in [6, 6.07) is 12.7. The molecule has 0 heterocycles. The lowest BCUT2D eigenvalue weighted by atomic mass is 10.2. The number of likely N-dealkylation sites (N-methyl/N-ethyl adjacent to an activating group) is 1. The quantitative estimate of drug-likeness (QED) is 0.847. The SMILES string of the molecule is CN(Cc1ccccc1)C(=O)COc1ccc(F)c(F)c1. The van der Waals surface area contributed by atoms with E-state index in [2.05, 4.69) is 0 Å². The summed E-state index contributed by atoms with van der Waals surface area (Å²) < 4.78 is 30.9. The van der Waals surface area contributed by atoms with E-state index in [0.717, 1.165) is 17.7 Å². The normalized spacial score (nSPS) is 10.2. The largest absolute Gasteiger partial charge is 0.484 e. The summed E-state index contributed by atoms with van der Waals surface area (Å²) in [4.78, 5) is 13.4. The Morgan fingerprint density at radius 1 is 1.10 bits per heavy atom. The van der Waals surface area contributed by atoms with Crippen LogP contribution in [0.15, 0.2) is 48.5 Å². The lowest BCUT2D eigenvalue weighted by molar-refractivity contribution is -0.132. The molecule has 0 atom stereocenters. The van der Waals surface area contributed by atoms with Gasteiger partial charge in [-0.15, -0.1) is 0 Å². The molecule has 0 unspecified atom stereocenters. The highest BCUT2D eigenvalue weighted by Crippen LogP contribution is 2.15. The first kappa shape index (κ1) is 15.0. The number of ether oxygens (including phenoxy) is 1. The lowest BCUT2D eigenvalue weighted by Crippen LogP contribution is -2.30. The van der Waals surface area contributed by atoms with E-state index in [9.17, 15) is 13.6 Å². The Kier molecular flexibility index (Phi) is 4.87. The molecule has 21 heavy (non-hydrogen) atoms. The molecule has 5 heteroatoms. The average molecular weight is 291 g/mol. The number of halogens is 2. The van der Waals surface area contributed by atoms with E-state index in [4.69, 9.17) is 4.74 Å². The van der Waals surface area contributed by atoms with Crippen molar-refractivity contribution in [3.63, 3.8) is 0 Å². The molecule has 0 aliphatic heterocycles. The standard InChI is InChI=1S/C16H15F2NO2/c1-19(10-12-5-3-2-4-6-12)16(20)11-21-13-7-8-14(17)15(18)9-13/h2-9H,10-11H2,1H3. The minimum atomic E-state index is -1.00. The van der Waals surface area contributed by atoms with Crippen molar-refractivity contribution in [2.24, 2.45) is 0 Å². The molecular formula is C16H15F2NO2. The van der Waals surface area contributed by atoms with Gasteiger partial charge in [0, 0.05) is 19.7 Å². The number of nitrogens with zero attached hydrogens (tertiary/aromatic N) is 1. The predicted molar refractivity (Wildman–Crippen MR) is 74.8 cm³/mol. The number of benzene rings is 2. The first-order valence-electron chi connectivity index (χ1n) is 6.42. The zero-order valence-corrected chi connectivity index (χ0v) is 11.6. The van der Waals surface area contributed by atoms with Crippen LogP contribution in [-0.4, -0.2) is 24.5 Å². The van der Waals surface area contributed by atoms with Crippen LogP contribution in [0.3, 0.4) is 0 Å². The van der Waals surface area contributed by atoms with Crippen LogP contribution in [0.4, 0.5) is 8.78 Å². The molecule has 2 aromatic carbocycles. The van der Waals surface area contributed by atoms with E-state index < -0.39 is 11.6 Å². The number of amides is 1. The van der Waals surface area contributed by atoms with E-state index in [1.165, 1.54) is 11.0 Å². The van der Waals surface area contributed by atoms with Gasteiger partial charge in [-0.05, 0) is 17.7 Å². The van der Waals surface area contributed by atoms with Crippen LogP contribution in [0, 0.1) is 11.6 Å².